The summed E-state index contributed by atoms with van der Waals surface area (Å²) in [5.41, 5.74) is 0. The van der Waals surface area contributed by atoms with Crippen LogP contribution < -0.4 is 10.1 Å². The van der Waals surface area contributed by atoms with Crippen molar-refractivity contribution in [1.82, 2.24) is 15.1 Å². The molecule has 2 heterocycles. The Hall–Kier alpha value is -0.520. The fourth-order valence-electron chi connectivity index (χ4n) is 2.76. The van der Waals surface area contributed by atoms with Gasteiger partial charge in [0.2, 0.25) is 0 Å². The van der Waals surface area contributed by atoms with Crippen LogP contribution in [0.25, 0.3) is 0 Å². The molecule has 1 aromatic rings. The summed E-state index contributed by atoms with van der Waals surface area (Å²) in [5, 5.41) is 4.54. The number of hydrogen-bond acceptors (Lipinski definition) is 4. The maximum atomic E-state index is 6.09. The van der Waals surface area contributed by atoms with Gasteiger partial charge in [0.25, 0.3) is 0 Å². The number of rotatable bonds is 5. The molecule has 0 bridgehead atoms. The molecule has 0 amide bonds. The van der Waals surface area contributed by atoms with E-state index in [2.05, 4.69) is 15.1 Å². The molecule has 0 atom stereocenters. The van der Waals surface area contributed by atoms with Crippen LogP contribution >= 0.6 is 23.2 Å². The molecule has 2 aliphatic rings. The van der Waals surface area contributed by atoms with Gasteiger partial charge in [0, 0.05) is 56.9 Å². The number of halogens is 2. The first-order chi connectivity index (χ1) is 10.2. The second-order valence-electron chi connectivity index (χ2n) is 5.61. The second kappa shape index (κ2) is 7.16. The van der Waals surface area contributed by atoms with Crippen LogP contribution in [0.3, 0.4) is 0 Å². The molecule has 2 fully saturated rings. The first kappa shape index (κ1) is 15.4. The van der Waals surface area contributed by atoms with E-state index >= 15 is 0 Å². The predicted molar refractivity (Wildman–Crippen MR) is 86.6 cm³/mol. The number of benzene rings is 1. The van der Waals surface area contributed by atoms with E-state index in [0.717, 1.165) is 51.9 Å². The van der Waals surface area contributed by atoms with E-state index < -0.39 is 0 Å². The zero-order chi connectivity index (χ0) is 14.7. The molecule has 0 unspecified atom stereocenters. The summed E-state index contributed by atoms with van der Waals surface area (Å²) in [6, 6.07) is 6.10. The van der Waals surface area contributed by atoms with Gasteiger partial charge in [0.05, 0.1) is 5.02 Å². The van der Waals surface area contributed by atoms with Gasteiger partial charge in [0.15, 0.2) is 0 Å². The largest absolute Gasteiger partial charge is 0.491 e. The van der Waals surface area contributed by atoms with E-state index in [9.17, 15) is 0 Å². The lowest BCUT2D eigenvalue weighted by Crippen LogP contribution is -2.61. The smallest absolute Gasteiger partial charge is 0.138 e. The summed E-state index contributed by atoms with van der Waals surface area (Å²) in [7, 11) is 0. The molecule has 1 aromatic carbocycles. The maximum Gasteiger partial charge on any atom is 0.138 e. The zero-order valence-electron chi connectivity index (χ0n) is 12.0. The van der Waals surface area contributed by atoms with Gasteiger partial charge in [-0.05, 0) is 18.2 Å². The standard InChI is InChI=1S/C15H21Cl2N3O/c16-12-1-2-15(14(17)9-12)21-8-7-19-3-5-20(6-4-19)13-10-18-11-13/h1-2,9,13,18H,3-8,10-11H2. The third-order valence-corrected chi connectivity index (χ3v) is 4.77. The molecule has 4 nitrogen and oxygen atoms in total. The average molecular weight is 330 g/mol. The lowest BCUT2D eigenvalue weighted by Gasteiger charge is -2.43. The van der Waals surface area contributed by atoms with Crippen molar-refractivity contribution < 1.29 is 4.74 Å². The van der Waals surface area contributed by atoms with Crippen LogP contribution in [-0.2, 0) is 0 Å². The molecule has 0 spiro atoms. The van der Waals surface area contributed by atoms with Crippen molar-refractivity contribution in [3.63, 3.8) is 0 Å². The van der Waals surface area contributed by atoms with E-state index in [1.165, 1.54) is 0 Å². The van der Waals surface area contributed by atoms with E-state index in [1.807, 2.05) is 6.07 Å². The number of piperazine rings is 1. The Labute approximate surface area is 135 Å². The number of hydrogen-bond donors (Lipinski definition) is 1. The third kappa shape index (κ3) is 4.02. The first-order valence-electron chi connectivity index (χ1n) is 7.47. The molecule has 0 aliphatic carbocycles. The highest BCUT2D eigenvalue weighted by Crippen LogP contribution is 2.27. The Balaban J connectivity index is 1.38. The highest BCUT2D eigenvalue weighted by atomic mass is 35.5. The van der Waals surface area contributed by atoms with E-state index in [0.29, 0.717) is 22.4 Å². The quantitative estimate of drug-likeness (QED) is 0.893. The van der Waals surface area contributed by atoms with Gasteiger partial charge >= 0.3 is 0 Å². The molecule has 0 radical (unpaired) electrons. The molecular weight excluding hydrogens is 309 g/mol. The van der Waals surface area contributed by atoms with Crippen molar-refractivity contribution in [3.8, 4) is 5.75 Å². The molecule has 6 heteroatoms. The normalized spacial score (nSPS) is 21.2. The minimum absolute atomic E-state index is 0.574. The Bertz CT molecular complexity index is 474. The highest BCUT2D eigenvalue weighted by Gasteiger charge is 2.27. The summed E-state index contributed by atoms with van der Waals surface area (Å²) in [4.78, 5) is 5.04. The van der Waals surface area contributed by atoms with Crippen molar-refractivity contribution in [2.75, 3.05) is 52.4 Å². The van der Waals surface area contributed by atoms with Crippen LogP contribution in [0.15, 0.2) is 18.2 Å². The predicted octanol–water partition coefficient (Wildman–Crippen LogP) is 1.96. The van der Waals surface area contributed by atoms with Gasteiger partial charge in [0.1, 0.15) is 12.4 Å². The highest BCUT2D eigenvalue weighted by molar-refractivity contribution is 6.35. The summed E-state index contributed by atoms with van der Waals surface area (Å²) in [6.45, 7) is 8.46. The van der Waals surface area contributed by atoms with E-state index in [1.54, 1.807) is 12.1 Å². The zero-order valence-corrected chi connectivity index (χ0v) is 13.5. The Morgan fingerprint density at radius 3 is 2.52 bits per heavy atom. The molecule has 21 heavy (non-hydrogen) atoms. The lowest BCUT2D eigenvalue weighted by atomic mass is 10.1. The fourth-order valence-corrected chi connectivity index (χ4v) is 3.22. The molecule has 116 valence electrons. The minimum atomic E-state index is 0.574. The van der Waals surface area contributed by atoms with Gasteiger partial charge in [-0.15, -0.1) is 0 Å². The molecule has 3 rings (SSSR count). The molecule has 1 N–H and O–H groups in total. The van der Waals surface area contributed by atoms with Crippen molar-refractivity contribution in [2.45, 2.75) is 6.04 Å². The summed E-state index contributed by atoms with van der Waals surface area (Å²) < 4.78 is 5.75. The molecular formula is C15H21Cl2N3O. The molecule has 2 saturated heterocycles. The van der Waals surface area contributed by atoms with Gasteiger partial charge in [-0.25, -0.2) is 0 Å². The van der Waals surface area contributed by atoms with Crippen LogP contribution in [-0.4, -0.2) is 68.3 Å². The number of nitrogens with zero attached hydrogens (tertiary/aromatic N) is 2. The van der Waals surface area contributed by atoms with Gasteiger partial charge in [-0.3, -0.25) is 9.80 Å². The second-order valence-corrected chi connectivity index (χ2v) is 6.46. The topological polar surface area (TPSA) is 27.7 Å². The van der Waals surface area contributed by atoms with E-state index in [4.69, 9.17) is 27.9 Å². The summed E-state index contributed by atoms with van der Waals surface area (Å²) in [5.74, 6) is 0.709. The average Bonchev–Trinajstić information content (AvgIpc) is 2.41. The van der Waals surface area contributed by atoms with Crippen LogP contribution in [0, 0.1) is 0 Å². The van der Waals surface area contributed by atoms with Gasteiger partial charge in [-0.1, -0.05) is 23.2 Å². The van der Waals surface area contributed by atoms with Gasteiger partial charge in [-0.2, -0.15) is 0 Å². The number of ether oxygens (including phenoxy) is 1. The molecule has 0 saturated carbocycles. The van der Waals surface area contributed by atoms with Crippen LogP contribution in [0.2, 0.25) is 10.0 Å². The minimum Gasteiger partial charge on any atom is -0.491 e. The van der Waals surface area contributed by atoms with Crippen molar-refractivity contribution in [1.29, 1.82) is 0 Å². The van der Waals surface area contributed by atoms with Crippen LogP contribution in [0.5, 0.6) is 5.75 Å². The summed E-state index contributed by atoms with van der Waals surface area (Å²) >= 11 is 12.0. The van der Waals surface area contributed by atoms with Crippen LogP contribution in [0.1, 0.15) is 0 Å². The first-order valence-corrected chi connectivity index (χ1v) is 8.23. The van der Waals surface area contributed by atoms with Crippen molar-refractivity contribution in [2.24, 2.45) is 0 Å². The molecule has 2 aliphatic heterocycles. The van der Waals surface area contributed by atoms with Crippen molar-refractivity contribution >= 4 is 23.2 Å². The lowest BCUT2D eigenvalue weighted by molar-refractivity contribution is 0.0663. The monoisotopic (exact) mass is 329 g/mol. The fraction of sp³-hybridized carbons (Fsp3) is 0.600. The van der Waals surface area contributed by atoms with Crippen molar-refractivity contribution in [3.05, 3.63) is 28.2 Å². The Morgan fingerprint density at radius 2 is 1.90 bits per heavy atom. The summed E-state index contributed by atoms with van der Waals surface area (Å²) in [6.07, 6.45) is 0. The third-order valence-electron chi connectivity index (χ3n) is 4.24. The van der Waals surface area contributed by atoms with E-state index in [-0.39, 0.29) is 0 Å². The molecule has 0 aromatic heterocycles. The number of nitrogens with one attached hydrogen (secondary N) is 1. The van der Waals surface area contributed by atoms with Gasteiger partial charge < -0.3 is 10.1 Å². The Kier molecular flexibility index (Phi) is 5.24. The maximum absolute atomic E-state index is 6.09. The van der Waals surface area contributed by atoms with Crippen LogP contribution in [0.4, 0.5) is 0 Å². The Morgan fingerprint density at radius 1 is 1.14 bits per heavy atom. The SMILES string of the molecule is Clc1ccc(OCCN2CCN(C3CNC3)CC2)c(Cl)c1.